The predicted octanol–water partition coefficient (Wildman–Crippen LogP) is 3.02. The highest BCUT2D eigenvalue weighted by Gasteiger charge is 2.12. The summed E-state index contributed by atoms with van der Waals surface area (Å²) in [5.74, 6) is -3.42. The van der Waals surface area contributed by atoms with Crippen molar-refractivity contribution >= 4 is 5.78 Å². The molecule has 0 N–H and O–H groups in total. The van der Waals surface area contributed by atoms with Crippen molar-refractivity contribution in [2.75, 3.05) is 0 Å². The minimum Gasteiger partial charge on any atom is -0.299 e. The molecule has 0 atom stereocenters. The third kappa shape index (κ3) is 3.08. The van der Waals surface area contributed by atoms with E-state index >= 15 is 0 Å². The quantitative estimate of drug-likeness (QED) is 0.707. The van der Waals surface area contributed by atoms with E-state index in [1.807, 2.05) is 6.92 Å². The van der Waals surface area contributed by atoms with Crippen molar-refractivity contribution < 1.29 is 18.0 Å². The molecule has 1 nitrogen and oxygen atoms in total. The Bertz CT molecular complexity index is 374. The van der Waals surface area contributed by atoms with Gasteiger partial charge in [0.1, 0.15) is 11.6 Å². The first-order valence-corrected chi connectivity index (χ1v) is 4.69. The molecule has 0 fully saturated rings. The monoisotopic (exact) mass is 216 g/mol. The molecular weight excluding hydrogens is 205 g/mol. The Hall–Kier alpha value is -1.32. The van der Waals surface area contributed by atoms with Crippen LogP contribution in [0.25, 0.3) is 0 Å². The number of Topliss-reactive ketones (excluding diaryl/α,β-unsaturated/α-hetero) is 1. The smallest absolute Gasteiger partial charge is 0.161 e. The summed E-state index contributed by atoms with van der Waals surface area (Å²) in [5, 5.41) is 0. The van der Waals surface area contributed by atoms with E-state index in [-0.39, 0.29) is 17.8 Å². The zero-order valence-corrected chi connectivity index (χ0v) is 8.32. The van der Waals surface area contributed by atoms with Crippen molar-refractivity contribution in [1.82, 2.24) is 0 Å². The number of carbonyl (C=O) groups is 1. The summed E-state index contributed by atoms with van der Waals surface area (Å²) in [6.45, 7) is 1.82. The lowest BCUT2D eigenvalue weighted by Crippen LogP contribution is -2.05. The Balaban J connectivity index is 2.86. The molecule has 4 heteroatoms. The maximum absolute atomic E-state index is 13.1. The molecule has 0 aliphatic rings. The largest absolute Gasteiger partial charge is 0.299 e. The van der Waals surface area contributed by atoms with Crippen LogP contribution in [0.2, 0.25) is 0 Å². The number of hydrogen-bond acceptors (Lipinski definition) is 1. The minimum absolute atomic E-state index is 0.0904. The van der Waals surface area contributed by atoms with Crippen LogP contribution in [0, 0.1) is 17.5 Å². The SMILES string of the molecule is CCCC(=O)Cc1cc(F)c(F)cc1F. The Labute approximate surface area is 85.9 Å². The average Bonchev–Trinajstić information content (AvgIpc) is 2.14. The fraction of sp³-hybridized carbons (Fsp3) is 0.364. The van der Waals surface area contributed by atoms with Gasteiger partial charge in [-0.2, -0.15) is 0 Å². The second-order valence-electron chi connectivity index (χ2n) is 3.32. The third-order valence-electron chi connectivity index (χ3n) is 2.01. The molecule has 0 bridgehead atoms. The normalized spacial score (nSPS) is 10.4. The molecule has 0 aromatic heterocycles. The van der Waals surface area contributed by atoms with Gasteiger partial charge in [0.15, 0.2) is 11.6 Å². The van der Waals surface area contributed by atoms with Crippen molar-refractivity contribution in [2.45, 2.75) is 26.2 Å². The molecule has 0 amide bonds. The van der Waals surface area contributed by atoms with E-state index in [2.05, 4.69) is 0 Å². The summed E-state index contributed by atoms with van der Waals surface area (Å²) in [5.41, 5.74) is -0.0904. The maximum Gasteiger partial charge on any atom is 0.161 e. The molecule has 1 rings (SSSR count). The lowest BCUT2D eigenvalue weighted by molar-refractivity contribution is -0.118. The van der Waals surface area contributed by atoms with Crippen LogP contribution in [-0.2, 0) is 11.2 Å². The van der Waals surface area contributed by atoms with Crippen LogP contribution < -0.4 is 0 Å². The molecule has 1 aromatic rings. The van der Waals surface area contributed by atoms with Crippen molar-refractivity contribution in [3.05, 3.63) is 35.1 Å². The minimum atomic E-state index is -1.24. The maximum atomic E-state index is 13.1. The molecule has 0 aliphatic carbocycles. The molecule has 0 unspecified atom stereocenters. The molecule has 0 radical (unpaired) electrons. The van der Waals surface area contributed by atoms with Gasteiger partial charge >= 0.3 is 0 Å². The van der Waals surface area contributed by atoms with Gasteiger partial charge in [0.2, 0.25) is 0 Å². The van der Waals surface area contributed by atoms with Gasteiger partial charge < -0.3 is 0 Å². The fourth-order valence-corrected chi connectivity index (χ4v) is 1.28. The molecule has 1 aromatic carbocycles. The van der Waals surface area contributed by atoms with E-state index in [4.69, 9.17) is 0 Å². The molecule has 0 saturated heterocycles. The van der Waals surface area contributed by atoms with Crippen LogP contribution in [-0.4, -0.2) is 5.78 Å². The number of hydrogen-bond donors (Lipinski definition) is 0. The average molecular weight is 216 g/mol. The summed E-state index contributed by atoms with van der Waals surface area (Å²) < 4.78 is 38.4. The predicted molar refractivity (Wildman–Crippen MR) is 49.9 cm³/mol. The first-order valence-electron chi connectivity index (χ1n) is 4.69. The van der Waals surface area contributed by atoms with Crippen LogP contribution in [0.5, 0.6) is 0 Å². The van der Waals surface area contributed by atoms with E-state index in [1.165, 1.54) is 0 Å². The number of benzene rings is 1. The molecule has 82 valence electrons. The highest BCUT2D eigenvalue weighted by Crippen LogP contribution is 2.15. The number of ketones is 1. The van der Waals surface area contributed by atoms with Gasteiger partial charge in [0.05, 0.1) is 0 Å². The van der Waals surface area contributed by atoms with E-state index < -0.39 is 17.5 Å². The van der Waals surface area contributed by atoms with Crippen molar-refractivity contribution in [1.29, 1.82) is 0 Å². The van der Waals surface area contributed by atoms with Gasteiger partial charge in [0, 0.05) is 18.9 Å². The molecule has 15 heavy (non-hydrogen) atoms. The summed E-state index contributed by atoms with van der Waals surface area (Å²) in [6, 6.07) is 1.20. The lowest BCUT2D eigenvalue weighted by Gasteiger charge is -2.03. The molecule has 0 heterocycles. The number of halogens is 3. The Morgan fingerprint density at radius 1 is 1.13 bits per heavy atom. The topological polar surface area (TPSA) is 17.1 Å². The zero-order chi connectivity index (χ0) is 11.4. The zero-order valence-electron chi connectivity index (χ0n) is 8.32. The number of rotatable bonds is 4. The van der Waals surface area contributed by atoms with Gasteiger partial charge in [0.25, 0.3) is 0 Å². The van der Waals surface area contributed by atoms with E-state index in [0.29, 0.717) is 18.9 Å². The van der Waals surface area contributed by atoms with Crippen LogP contribution in [0.3, 0.4) is 0 Å². The van der Waals surface area contributed by atoms with Crippen LogP contribution in [0.1, 0.15) is 25.3 Å². The van der Waals surface area contributed by atoms with Crippen molar-refractivity contribution in [2.24, 2.45) is 0 Å². The summed E-state index contributed by atoms with van der Waals surface area (Å²) in [7, 11) is 0. The lowest BCUT2D eigenvalue weighted by atomic mass is 10.1. The highest BCUT2D eigenvalue weighted by molar-refractivity contribution is 5.80. The Kier molecular flexibility index (Phi) is 3.88. The standard InChI is InChI=1S/C11H11F3O/c1-2-3-8(15)4-7-5-10(13)11(14)6-9(7)12/h5-6H,2-4H2,1H3. The highest BCUT2D eigenvalue weighted by atomic mass is 19.2. The van der Waals surface area contributed by atoms with E-state index in [9.17, 15) is 18.0 Å². The summed E-state index contributed by atoms with van der Waals surface area (Å²) >= 11 is 0. The first-order chi connectivity index (χ1) is 7.04. The molecular formula is C11H11F3O. The van der Waals surface area contributed by atoms with Gasteiger partial charge in [-0.1, -0.05) is 6.92 Å². The number of carbonyl (C=O) groups excluding carboxylic acids is 1. The molecule has 0 aliphatic heterocycles. The summed E-state index contributed by atoms with van der Waals surface area (Å²) in [4.78, 5) is 11.2. The van der Waals surface area contributed by atoms with Crippen LogP contribution in [0.4, 0.5) is 13.2 Å². The van der Waals surface area contributed by atoms with Gasteiger partial charge in [-0.15, -0.1) is 0 Å². The Morgan fingerprint density at radius 3 is 2.33 bits per heavy atom. The first kappa shape index (κ1) is 11.8. The van der Waals surface area contributed by atoms with Crippen LogP contribution in [0.15, 0.2) is 12.1 Å². The van der Waals surface area contributed by atoms with Gasteiger partial charge in [-0.05, 0) is 18.1 Å². The van der Waals surface area contributed by atoms with Gasteiger partial charge in [-0.3, -0.25) is 4.79 Å². The van der Waals surface area contributed by atoms with Crippen molar-refractivity contribution in [3.8, 4) is 0 Å². The van der Waals surface area contributed by atoms with Gasteiger partial charge in [-0.25, -0.2) is 13.2 Å². The molecule has 0 spiro atoms. The molecule has 0 saturated carbocycles. The second-order valence-corrected chi connectivity index (χ2v) is 3.32. The van der Waals surface area contributed by atoms with Crippen LogP contribution >= 0.6 is 0 Å². The summed E-state index contributed by atoms with van der Waals surface area (Å²) in [6.07, 6.45) is 0.791. The Morgan fingerprint density at radius 2 is 1.73 bits per heavy atom. The van der Waals surface area contributed by atoms with E-state index in [1.54, 1.807) is 0 Å². The fourth-order valence-electron chi connectivity index (χ4n) is 1.28. The van der Waals surface area contributed by atoms with E-state index in [0.717, 1.165) is 6.07 Å². The second kappa shape index (κ2) is 4.96. The van der Waals surface area contributed by atoms with Crippen molar-refractivity contribution in [3.63, 3.8) is 0 Å². The third-order valence-corrected chi connectivity index (χ3v) is 2.01.